The average Bonchev–Trinajstić information content (AvgIpc) is 2.59. The molecule has 24 heavy (non-hydrogen) atoms. The lowest BCUT2D eigenvalue weighted by Gasteiger charge is -2.28. The van der Waals surface area contributed by atoms with Gasteiger partial charge >= 0.3 is 0 Å². The molecule has 2 rings (SSSR count). The van der Waals surface area contributed by atoms with Gasteiger partial charge in [0, 0.05) is 20.0 Å². The van der Waals surface area contributed by atoms with Crippen LogP contribution in [0, 0.1) is 0 Å². The van der Waals surface area contributed by atoms with Crippen molar-refractivity contribution in [2.24, 2.45) is 0 Å². The van der Waals surface area contributed by atoms with E-state index in [2.05, 4.69) is 5.32 Å². The van der Waals surface area contributed by atoms with Crippen molar-refractivity contribution in [1.82, 2.24) is 10.2 Å². The topological polar surface area (TPSA) is 49.4 Å². The summed E-state index contributed by atoms with van der Waals surface area (Å²) < 4.78 is 0. The molecule has 2 aromatic rings. The van der Waals surface area contributed by atoms with Crippen LogP contribution in [0.3, 0.4) is 0 Å². The van der Waals surface area contributed by atoms with E-state index in [9.17, 15) is 9.59 Å². The molecule has 0 saturated carbocycles. The van der Waals surface area contributed by atoms with Gasteiger partial charge in [-0.1, -0.05) is 54.1 Å². The second kappa shape index (κ2) is 8.50. The molecule has 0 fully saturated rings. The van der Waals surface area contributed by atoms with Crippen molar-refractivity contribution in [2.75, 3.05) is 13.1 Å². The smallest absolute Gasteiger partial charge is 0.252 e. The maximum atomic E-state index is 12.2. The fourth-order valence-electron chi connectivity index (χ4n) is 2.57. The monoisotopic (exact) mass is 344 g/mol. The second-order valence-electron chi connectivity index (χ2n) is 5.53. The normalized spacial score (nSPS) is 11.6. The number of carbonyl (C=O) groups is 2. The Bertz CT molecular complexity index is 704. The van der Waals surface area contributed by atoms with Crippen molar-refractivity contribution < 1.29 is 9.59 Å². The lowest BCUT2D eigenvalue weighted by Crippen LogP contribution is -2.39. The van der Waals surface area contributed by atoms with Crippen LogP contribution in [0.5, 0.6) is 0 Å². The van der Waals surface area contributed by atoms with E-state index in [1.54, 1.807) is 29.2 Å². The molecule has 5 heteroatoms. The van der Waals surface area contributed by atoms with Crippen molar-refractivity contribution >= 4 is 23.4 Å². The minimum absolute atomic E-state index is 0.0293. The molecule has 4 nitrogen and oxygen atoms in total. The van der Waals surface area contributed by atoms with Crippen LogP contribution in [0.2, 0.25) is 5.02 Å². The van der Waals surface area contributed by atoms with Crippen LogP contribution in [0.1, 0.15) is 35.8 Å². The molecule has 126 valence electrons. The van der Waals surface area contributed by atoms with Crippen LogP contribution in [-0.4, -0.2) is 29.8 Å². The zero-order chi connectivity index (χ0) is 17.5. The highest BCUT2D eigenvalue weighted by molar-refractivity contribution is 6.33. The molecule has 0 aromatic heterocycles. The lowest BCUT2D eigenvalue weighted by molar-refractivity contribution is -0.130. The molecule has 0 aliphatic carbocycles. The van der Waals surface area contributed by atoms with Gasteiger partial charge in [-0.15, -0.1) is 0 Å². The zero-order valence-electron chi connectivity index (χ0n) is 13.8. The van der Waals surface area contributed by atoms with Gasteiger partial charge in [-0.05, 0) is 24.6 Å². The van der Waals surface area contributed by atoms with Gasteiger partial charge in [-0.25, -0.2) is 0 Å². The summed E-state index contributed by atoms with van der Waals surface area (Å²) in [6.45, 7) is 4.31. The molecule has 2 amide bonds. The maximum absolute atomic E-state index is 12.2. The van der Waals surface area contributed by atoms with E-state index in [1.807, 2.05) is 37.3 Å². The molecule has 0 saturated heterocycles. The Labute approximate surface area is 147 Å². The number of hydrogen-bond acceptors (Lipinski definition) is 2. The highest BCUT2D eigenvalue weighted by atomic mass is 35.5. The first-order valence-corrected chi connectivity index (χ1v) is 8.23. The van der Waals surface area contributed by atoms with Crippen molar-refractivity contribution in [3.63, 3.8) is 0 Å². The maximum Gasteiger partial charge on any atom is 0.252 e. The summed E-state index contributed by atoms with van der Waals surface area (Å²) in [4.78, 5) is 25.8. The molecular formula is C19H21ClN2O2. The molecule has 0 heterocycles. The summed E-state index contributed by atoms with van der Waals surface area (Å²) in [5, 5.41) is 3.23. The van der Waals surface area contributed by atoms with E-state index in [0.717, 1.165) is 5.56 Å². The fraction of sp³-hybridized carbons (Fsp3) is 0.263. The van der Waals surface area contributed by atoms with Gasteiger partial charge in [0.25, 0.3) is 5.91 Å². The zero-order valence-corrected chi connectivity index (χ0v) is 14.6. The van der Waals surface area contributed by atoms with E-state index >= 15 is 0 Å². The van der Waals surface area contributed by atoms with E-state index in [4.69, 9.17) is 11.6 Å². The Kier molecular flexibility index (Phi) is 6.38. The Hall–Kier alpha value is -2.33. The molecule has 1 unspecified atom stereocenters. The number of amides is 2. The predicted octanol–water partition coefficient (Wildman–Crippen LogP) is 3.68. The van der Waals surface area contributed by atoms with Gasteiger partial charge in [-0.2, -0.15) is 0 Å². The summed E-state index contributed by atoms with van der Waals surface area (Å²) in [6, 6.07) is 16.7. The average molecular weight is 345 g/mol. The number of hydrogen-bond donors (Lipinski definition) is 1. The van der Waals surface area contributed by atoms with Gasteiger partial charge in [0.05, 0.1) is 16.6 Å². The number of benzene rings is 2. The number of nitrogens with one attached hydrogen (secondary N) is 1. The van der Waals surface area contributed by atoms with Gasteiger partial charge in [0.2, 0.25) is 5.91 Å². The van der Waals surface area contributed by atoms with Gasteiger partial charge in [0.15, 0.2) is 0 Å². The van der Waals surface area contributed by atoms with Gasteiger partial charge < -0.3 is 10.2 Å². The van der Waals surface area contributed by atoms with Crippen LogP contribution in [0.15, 0.2) is 54.6 Å². The first kappa shape index (κ1) is 18.0. The predicted molar refractivity (Wildman–Crippen MR) is 96.0 cm³/mol. The van der Waals surface area contributed by atoms with E-state index < -0.39 is 0 Å². The summed E-state index contributed by atoms with van der Waals surface area (Å²) in [7, 11) is 0. The minimum atomic E-state index is -0.239. The molecule has 0 radical (unpaired) electrons. The SMILES string of the molecule is CC(=O)N(CCNC(=O)c1ccccc1Cl)C(C)c1ccccc1. The van der Waals surface area contributed by atoms with E-state index in [1.165, 1.54) is 6.92 Å². The lowest BCUT2D eigenvalue weighted by atomic mass is 10.1. The van der Waals surface area contributed by atoms with Crippen molar-refractivity contribution in [3.8, 4) is 0 Å². The minimum Gasteiger partial charge on any atom is -0.350 e. The summed E-state index contributed by atoms with van der Waals surface area (Å²) in [5.74, 6) is -0.269. The first-order chi connectivity index (χ1) is 11.5. The molecule has 0 aliphatic rings. The summed E-state index contributed by atoms with van der Waals surface area (Å²) in [6.07, 6.45) is 0. The Morgan fingerprint density at radius 2 is 1.71 bits per heavy atom. The third kappa shape index (κ3) is 4.59. The van der Waals surface area contributed by atoms with Crippen LogP contribution in [0.25, 0.3) is 0 Å². The highest BCUT2D eigenvalue weighted by Crippen LogP contribution is 2.19. The van der Waals surface area contributed by atoms with E-state index in [0.29, 0.717) is 23.7 Å². The number of carbonyl (C=O) groups excluding carboxylic acids is 2. The Morgan fingerprint density at radius 3 is 2.33 bits per heavy atom. The van der Waals surface area contributed by atoms with Crippen LogP contribution in [-0.2, 0) is 4.79 Å². The standard InChI is InChI=1S/C19H21ClN2O2/c1-14(16-8-4-3-5-9-16)22(15(2)23)13-12-21-19(24)17-10-6-7-11-18(17)20/h3-11,14H,12-13H2,1-2H3,(H,21,24). The fourth-order valence-corrected chi connectivity index (χ4v) is 2.79. The molecule has 0 bridgehead atoms. The highest BCUT2D eigenvalue weighted by Gasteiger charge is 2.18. The second-order valence-corrected chi connectivity index (χ2v) is 5.94. The first-order valence-electron chi connectivity index (χ1n) is 7.85. The van der Waals surface area contributed by atoms with Crippen molar-refractivity contribution in [2.45, 2.75) is 19.9 Å². The third-order valence-corrected chi connectivity index (χ3v) is 4.24. The molecule has 2 aromatic carbocycles. The van der Waals surface area contributed by atoms with Crippen LogP contribution < -0.4 is 5.32 Å². The van der Waals surface area contributed by atoms with Gasteiger partial charge in [0.1, 0.15) is 0 Å². The quantitative estimate of drug-likeness (QED) is 0.869. The summed E-state index contributed by atoms with van der Waals surface area (Å²) >= 11 is 6.02. The van der Waals surface area contributed by atoms with Crippen LogP contribution in [0.4, 0.5) is 0 Å². The van der Waals surface area contributed by atoms with Crippen molar-refractivity contribution in [3.05, 3.63) is 70.7 Å². The Morgan fingerprint density at radius 1 is 1.08 bits per heavy atom. The Balaban J connectivity index is 1.96. The molecule has 0 spiro atoms. The number of halogens is 1. The largest absolute Gasteiger partial charge is 0.350 e. The van der Waals surface area contributed by atoms with Crippen molar-refractivity contribution in [1.29, 1.82) is 0 Å². The summed E-state index contributed by atoms with van der Waals surface area (Å²) in [5.41, 5.74) is 1.50. The molecule has 0 aliphatic heterocycles. The number of rotatable bonds is 6. The molecule has 1 atom stereocenters. The van der Waals surface area contributed by atoms with Gasteiger partial charge in [-0.3, -0.25) is 9.59 Å². The van der Waals surface area contributed by atoms with Crippen LogP contribution >= 0.6 is 11.6 Å². The molecular weight excluding hydrogens is 324 g/mol. The third-order valence-electron chi connectivity index (χ3n) is 3.91. The molecule has 1 N–H and O–H groups in total. The van der Waals surface area contributed by atoms with E-state index in [-0.39, 0.29) is 17.9 Å². The number of nitrogens with zero attached hydrogens (tertiary/aromatic N) is 1.